The fourth-order valence-corrected chi connectivity index (χ4v) is 5.08. The van der Waals surface area contributed by atoms with Crippen LogP contribution < -0.4 is 25.0 Å². The summed E-state index contributed by atoms with van der Waals surface area (Å²) in [6.07, 6.45) is 1.95. The van der Waals surface area contributed by atoms with Gasteiger partial charge in [0.1, 0.15) is 5.75 Å². The molecule has 1 atom stereocenters. The highest BCUT2D eigenvalue weighted by Crippen LogP contribution is 2.30. The van der Waals surface area contributed by atoms with Crippen molar-refractivity contribution in [3.8, 4) is 5.75 Å². The first kappa shape index (κ1) is 23.3. The van der Waals surface area contributed by atoms with E-state index in [4.69, 9.17) is 9.47 Å². The number of ether oxygens (including phenoxy) is 2. The number of hydrogen-bond donors (Lipinski definition) is 3. The Hall–Kier alpha value is -2.82. The fourth-order valence-electron chi connectivity index (χ4n) is 4.01. The summed E-state index contributed by atoms with van der Waals surface area (Å²) in [6.45, 7) is 4.23. The Balaban J connectivity index is 1.59. The minimum absolute atomic E-state index is 0.0297. The Labute approximate surface area is 194 Å². The second-order valence-corrected chi connectivity index (χ2v) is 9.78. The monoisotopic (exact) mass is 474 g/mol. The van der Waals surface area contributed by atoms with E-state index in [1.54, 1.807) is 30.3 Å². The van der Waals surface area contributed by atoms with Crippen molar-refractivity contribution >= 4 is 27.3 Å². The smallest absolute Gasteiger partial charge is 0.261 e. The average molecular weight is 475 g/mol. The van der Waals surface area contributed by atoms with Crippen molar-refractivity contribution in [2.45, 2.75) is 23.8 Å². The van der Waals surface area contributed by atoms with Gasteiger partial charge in [-0.2, -0.15) is 0 Å². The molecule has 0 aliphatic carbocycles. The van der Waals surface area contributed by atoms with E-state index in [0.29, 0.717) is 23.5 Å². The molecule has 0 bridgehead atoms. The molecule has 3 N–H and O–H groups in total. The summed E-state index contributed by atoms with van der Waals surface area (Å²) in [5.74, 6) is 0.308. The molecule has 4 rings (SSSR count). The summed E-state index contributed by atoms with van der Waals surface area (Å²) >= 11 is 0. The maximum atomic E-state index is 13.1. The van der Waals surface area contributed by atoms with Crippen molar-refractivity contribution in [3.05, 3.63) is 48.0 Å². The molecular formula is C23H30N4O5S. The zero-order chi connectivity index (χ0) is 23.3. The number of rotatable bonds is 8. The Kier molecular flexibility index (Phi) is 7.36. The van der Waals surface area contributed by atoms with Crippen LogP contribution in [0.4, 0.5) is 11.4 Å². The summed E-state index contributed by atoms with van der Waals surface area (Å²) < 4.78 is 39.6. The Bertz CT molecular complexity index is 1060. The summed E-state index contributed by atoms with van der Waals surface area (Å²) in [4.78, 5) is 15.0. The normalized spacial score (nSPS) is 18.7. The third-order valence-electron chi connectivity index (χ3n) is 5.84. The molecule has 0 aromatic heterocycles. The van der Waals surface area contributed by atoms with E-state index in [1.165, 1.54) is 19.2 Å². The number of carbonyl (C=O) groups is 1. The second kappa shape index (κ2) is 10.4. The van der Waals surface area contributed by atoms with Gasteiger partial charge < -0.3 is 25.0 Å². The van der Waals surface area contributed by atoms with E-state index in [1.807, 2.05) is 0 Å². The second-order valence-electron chi connectivity index (χ2n) is 8.10. The van der Waals surface area contributed by atoms with Gasteiger partial charge in [-0.05, 0) is 55.3 Å². The zero-order valence-electron chi connectivity index (χ0n) is 18.7. The number of hydrogen-bond acceptors (Lipinski definition) is 7. The van der Waals surface area contributed by atoms with E-state index >= 15 is 0 Å². The molecule has 10 heteroatoms. The van der Waals surface area contributed by atoms with Gasteiger partial charge in [0, 0.05) is 44.9 Å². The van der Waals surface area contributed by atoms with Crippen LogP contribution in [0.2, 0.25) is 0 Å². The van der Waals surface area contributed by atoms with Crippen molar-refractivity contribution in [1.29, 1.82) is 0 Å². The SMILES string of the molecule is COc1ccc(S(=O)(=O)Nc2cc(C(=O)NC[C@H]3CCCO3)ccc2N2CCNCC2)cc1. The van der Waals surface area contributed by atoms with Gasteiger partial charge in [0.15, 0.2) is 0 Å². The predicted molar refractivity (Wildman–Crippen MR) is 127 cm³/mol. The van der Waals surface area contributed by atoms with E-state index in [9.17, 15) is 13.2 Å². The number of methoxy groups -OCH3 is 1. The molecule has 2 aromatic rings. The van der Waals surface area contributed by atoms with Gasteiger partial charge in [-0.1, -0.05) is 0 Å². The molecule has 33 heavy (non-hydrogen) atoms. The van der Waals surface area contributed by atoms with Crippen molar-refractivity contribution in [2.75, 3.05) is 56.1 Å². The van der Waals surface area contributed by atoms with Crippen LogP contribution in [0.3, 0.4) is 0 Å². The van der Waals surface area contributed by atoms with E-state index < -0.39 is 10.0 Å². The van der Waals surface area contributed by atoms with Crippen LogP contribution in [0, 0.1) is 0 Å². The number of carbonyl (C=O) groups excluding carboxylic acids is 1. The third kappa shape index (κ3) is 5.76. The predicted octanol–water partition coefficient (Wildman–Crippen LogP) is 1.81. The minimum Gasteiger partial charge on any atom is -0.497 e. The number of piperazine rings is 1. The van der Waals surface area contributed by atoms with Gasteiger partial charge >= 0.3 is 0 Å². The standard InChI is InChI=1S/C23H30N4O5S/c1-31-18-5-7-20(8-6-18)33(29,30)26-21-15-17(23(28)25-16-19-3-2-14-32-19)4-9-22(21)27-12-10-24-11-13-27/h4-9,15,19,24,26H,2-3,10-14,16H2,1H3,(H,25,28)/t19-/m1/s1. The molecule has 1 amide bonds. The van der Waals surface area contributed by atoms with Crippen LogP contribution in [0.5, 0.6) is 5.75 Å². The molecule has 0 spiro atoms. The lowest BCUT2D eigenvalue weighted by atomic mass is 10.1. The van der Waals surface area contributed by atoms with Crippen molar-refractivity contribution < 1.29 is 22.7 Å². The highest BCUT2D eigenvalue weighted by Gasteiger charge is 2.22. The highest BCUT2D eigenvalue weighted by atomic mass is 32.2. The van der Waals surface area contributed by atoms with Crippen LogP contribution in [-0.2, 0) is 14.8 Å². The number of nitrogens with zero attached hydrogens (tertiary/aromatic N) is 1. The summed E-state index contributed by atoms with van der Waals surface area (Å²) in [5, 5.41) is 6.19. The summed E-state index contributed by atoms with van der Waals surface area (Å²) in [5.41, 5.74) is 1.50. The lowest BCUT2D eigenvalue weighted by Crippen LogP contribution is -2.43. The minimum atomic E-state index is -3.87. The van der Waals surface area contributed by atoms with E-state index in [2.05, 4.69) is 20.3 Å². The van der Waals surface area contributed by atoms with E-state index in [-0.39, 0.29) is 16.9 Å². The molecule has 9 nitrogen and oxygen atoms in total. The van der Waals surface area contributed by atoms with Gasteiger partial charge in [0.2, 0.25) is 0 Å². The van der Waals surface area contributed by atoms with Crippen LogP contribution in [0.25, 0.3) is 0 Å². The van der Waals surface area contributed by atoms with Crippen LogP contribution in [0.1, 0.15) is 23.2 Å². The molecule has 2 aromatic carbocycles. The molecule has 2 fully saturated rings. The number of benzene rings is 2. The van der Waals surface area contributed by atoms with Crippen LogP contribution >= 0.6 is 0 Å². The van der Waals surface area contributed by atoms with Crippen molar-refractivity contribution in [3.63, 3.8) is 0 Å². The largest absolute Gasteiger partial charge is 0.497 e. The fraction of sp³-hybridized carbons (Fsp3) is 0.435. The van der Waals surface area contributed by atoms with Crippen LogP contribution in [0.15, 0.2) is 47.4 Å². The first-order valence-corrected chi connectivity index (χ1v) is 12.6. The van der Waals surface area contributed by atoms with Gasteiger partial charge in [-0.15, -0.1) is 0 Å². The lowest BCUT2D eigenvalue weighted by molar-refractivity contribution is 0.0858. The molecule has 2 aliphatic heterocycles. The zero-order valence-corrected chi connectivity index (χ0v) is 19.5. The van der Waals surface area contributed by atoms with Gasteiger partial charge in [0.05, 0.1) is 29.5 Å². The van der Waals surface area contributed by atoms with Crippen molar-refractivity contribution in [1.82, 2.24) is 10.6 Å². The van der Waals surface area contributed by atoms with Gasteiger partial charge in [-0.25, -0.2) is 8.42 Å². The topological polar surface area (TPSA) is 109 Å². The molecular weight excluding hydrogens is 444 g/mol. The van der Waals surface area contributed by atoms with Crippen LogP contribution in [-0.4, -0.2) is 66.9 Å². The summed E-state index contributed by atoms with van der Waals surface area (Å²) in [6, 6.07) is 11.3. The number of sulfonamides is 1. The first-order valence-electron chi connectivity index (χ1n) is 11.1. The molecule has 178 valence electrons. The summed E-state index contributed by atoms with van der Waals surface area (Å²) in [7, 11) is -2.34. The highest BCUT2D eigenvalue weighted by molar-refractivity contribution is 7.92. The quantitative estimate of drug-likeness (QED) is 0.535. The molecule has 0 saturated carbocycles. The molecule has 0 unspecified atom stereocenters. The van der Waals surface area contributed by atoms with Gasteiger partial charge in [0.25, 0.3) is 15.9 Å². The maximum Gasteiger partial charge on any atom is 0.261 e. The van der Waals surface area contributed by atoms with Gasteiger partial charge in [-0.3, -0.25) is 9.52 Å². The average Bonchev–Trinajstić information content (AvgIpc) is 3.36. The molecule has 2 saturated heterocycles. The maximum absolute atomic E-state index is 13.1. The molecule has 2 heterocycles. The first-order chi connectivity index (χ1) is 16.0. The lowest BCUT2D eigenvalue weighted by Gasteiger charge is -2.31. The number of anilines is 2. The van der Waals surface area contributed by atoms with E-state index in [0.717, 1.165) is 51.3 Å². The Morgan fingerprint density at radius 1 is 1.18 bits per heavy atom. The third-order valence-corrected chi connectivity index (χ3v) is 7.23. The number of amides is 1. The van der Waals surface area contributed by atoms with Crippen molar-refractivity contribution in [2.24, 2.45) is 0 Å². The molecule has 0 radical (unpaired) electrons. The molecule has 2 aliphatic rings. The Morgan fingerprint density at radius 2 is 1.94 bits per heavy atom. The Morgan fingerprint density at radius 3 is 2.61 bits per heavy atom. The number of nitrogens with one attached hydrogen (secondary N) is 3.